The third-order valence-electron chi connectivity index (χ3n) is 2.48. The molecular formula is C11H11ClN2O3. The molecule has 2 rings (SSSR count). The number of rotatable bonds is 2. The Kier molecular flexibility index (Phi) is 3.19. The normalized spacial score (nSPS) is 15.8. The number of hydrogen-bond acceptors (Lipinski definition) is 3. The van der Waals surface area contributed by atoms with E-state index in [1.54, 1.807) is 18.2 Å². The zero-order chi connectivity index (χ0) is 12.4. The van der Waals surface area contributed by atoms with Crippen LogP contribution in [0.15, 0.2) is 18.2 Å². The van der Waals surface area contributed by atoms with Crippen LogP contribution in [0.5, 0.6) is 5.75 Å². The maximum absolute atomic E-state index is 11.7. The van der Waals surface area contributed by atoms with Crippen LogP contribution in [0.2, 0.25) is 5.02 Å². The molecule has 17 heavy (non-hydrogen) atoms. The van der Waals surface area contributed by atoms with E-state index in [4.69, 9.17) is 16.3 Å². The van der Waals surface area contributed by atoms with Gasteiger partial charge in [-0.05, 0) is 12.1 Å². The average Bonchev–Trinajstić information content (AvgIpc) is 2.33. The fourth-order valence-electron chi connectivity index (χ4n) is 1.60. The highest BCUT2D eigenvalue weighted by molar-refractivity contribution is 6.34. The minimum atomic E-state index is -0.205. The summed E-state index contributed by atoms with van der Waals surface area (Å²) in [6.45, 7) is -0.0297. The smallest absolute Gasteiger partial charge is 0.246 e. The van der Waals surface area contributed by atoms with Gasteiger partial charge in [-0.3, -0.25) is 14.5 Å². The predicted octanol–water partition coefficient (Wildman–Crippen LogP) is 0.811. The van der Waals surface area contributed by atoms with Crippen LogP contribution in [-0.4, -0.2) is 32.0 Å². The van der Waals surface area contributed by atoms with Gasteiger partial charge < -0.3 is 10.1 Å². The summed E-state index contributed by atoms with van der Waals surface area (Å²) in [7, 11) is 1.53. The van der Waals surface area contributed by atoms with E-state index in [-0.39, 0.29) is 24.9 Å². The summed E-state index contributed by atoms with van der Waals surface area (Å²) in [6.07, 6.45) is 0. The zero-order valence-electron chi connectivity index (χ0n) is 9.20. The minimum Gasteiger partial charge on any atom is -0.497 e. The van der Waals surface area contributed by atoms with Crippen molar-refractivity contribution in [2.75, 3.05) is 25.1 Å². The Morgan fingerprint density at radius 1 is 1.41 bits per heavy atom. The zero-order valence-corrected chi connectivity index (χ0v) is 9.95. The van der Waals surface area contributed by atoms with Gasteiger partial charge in [0.05, 0.1) is 24.4 Å². The molecule has 1 heterocycles. The van der Waals surface area contributed by atoms with Gasteiger partial charge in [0.15, 0.2) is 0 Å². The van der Waals surface area contributed by atoms with E-state index in [0.717, 1.165) is 0 Å². The number of benzene rings is 1. The lowest BCUT2D eigenvalue weighted by Gasteiger charge is -2.27. The number of nitrogens with zero attached hydrogens (tertiary/aromatic N) is 1. The van der Waals surface area contributed by atoms with Crippen molar-refractivity contribution < 1.29 is 14.3 Å². The third-order valence-corrected chi connectivity index (χ3v) is 2.80. The molecule has 90 valence electrons. The number of hydrogen-bond donors (Lipinski definition) is 1. The maximum Gasteiger partial charge on any atom is 0.246 e. The summed E-state index contributed by atoms with van der Waals surface area (Å²) in [6, 6.07) is 4.97. The van der Waals surface area contributed by atoms with Crippen LogP contribution in [0.4, 0.5) is 5.69 Å². The molecule has 1 aliphatic heterocycles. The lowest BCUT2D eigenvalue weighted by molar-refractivity contribution is -0.128. The Morgan fingerprint density at radius 3 is 2.88 bits per heavy atom. The van der Waals surface area contributed by atoms with Crippen molar-refractivity contribution >= 4 is 29.1 Å². The van der Waals surface area contributed by atoms with Crippen molar-refractivity contribution in [3.05, 3.63) is 23.2 Å². The van der Waals surface area contributed by atoms with E-state index >= 15 is 0 Å². The molecule has 5 nitrogen and oxygen atoms in total. The van der Waals surface area contributed by atoms with Gasteiger partial charge in [0.25, 0.3) is 0 Å². The fourth-order valence-corrected chi connectivity index (χ4v) is 1.82. The predicted molar refractivity (Wildman–Crippen MR) is 63.4 cm³/mol. The number of halogens is 1. The molecule has 0 atom stereocenters. The molecule has 0 bridgehead atoms. The van der Waals surface area contributed by atoms with Gasteiger partial charge in [-0.25, -0.2) is 0 Å². The molecule has 6 heteroatoms. The first-order chi connectivity index (χ1) is 8.11. The van der Waals surface area contributed by atoms with E-state index in [2.05, 4.69) is 5.32 Å². The van der Waals surface area contributed by atoms with Gasteiger partial charge >= 0.3 is 0 Å². The summed E-state index contributed by atoms with van der Waals surface area (Å²) in [4.78, 5) is 24.3. The molecule has 0 aromatic heterocycles. The molecule has 0 unspecified atom stereocenters. The van der Waals surface area contributed by atoms with E-state index in [9.17, 15) is 9.59 Å². The molecule has 0 spiro atoms. The summed E-state index contributed by atoms with van der Waals surface area (Å²) < 4.78 is 5.07. The highest BCUT2D eigenvalue weighted by atomic mass is 35.5. The van der Waals surface area contributed by atoms with Crippen LogP contribution in [0.25, 0.3) is 0 Å². The molecule has 1 aliphatic rings. The molecule has 1 aromatic carbocycles. The number of carbonyl (C=O) groups excluding carboxylic acids is 2. The highest BCUT2D eigenvalue weighted by Crippen LogP contribution is 2.30. The van der Waals surface area contributed by atoms with Gasteiger partial charge in [0.1, 0.15) is 12.3 Å². The summed E-state index contributed by atoms with van der Waals surface area (Å²) >= 11 is 6.02. The fraction of sp³-hybridized carbons (Fsp3) is 0.273. The molecular weight excluding hydrogens is 244 g/mol. The summed E-state index contributed by atoms with van der Waals surface area (Å²) in [5.74, 6) is 0.187. The first-order valence-corrected chi connectivity index (χ1v) is 5.40. The van der Waals surface area contributed by atoms with E-state index in [1.807, 2.05) is 0 Å². The van der Waals surface area contributed by atoms with Crippen molar-refractivity contribution in [1.29, 1.82) is 0 Å². The number of carbonyl (C=O) groups is 2. The second-order valence-corrected chi connectivity index (χ2v) is 3.98. The van der Waals surface area contributed by atoms with Crippen LogP contribution in [0.1, 0.15) is 0 Å². The minimum absolute atomic E-state index is 0.00757. The van der Waals surface area contributed by atoms with Crippen LogP contribution >= 0.6 is 11.6 Å². The molecule has 1 N–H and O–H groups in total. The van der Waals surface area contributed by atoms with Crippen molar-refractivity contribution in [3.8, 4) is 5.75 Å². The first kappa shape index (κ1) is 11.7. The molecule has 0 aliphatic carbocycles. The van der Waals surface area contributed by atoms with E-state index < -0.39 is 0 Å². The first-order valence-electron chi connectivity index (χ1n) is 5.02. The monoisotopic (exact) mass is 254 g/mol. The number of ether oxygens (including phenoxy) is 1. The van der Waals surface area contributed by atoms with Crippen LogP contribution < -0.4 is 15.0 Å². The van der Waals surface area contributed by atoms with Crippen molar-refractivity contribution in [3.63, 3.8) is 0 Å². The Morgan fingerprint density at radius 2 is 2.18 bits per heavy atom. The van der Waals surface area contributed by atoms with Gasteiger partial charge in [0, 0.05) is 6.07 Å². The van der Waals surface area contributed by atoms with Crippen LogP contribution in [0.3, 0.4) is 0 Å². The van der Waals surface area contributed by atoms with E-state index in [0.29, 0.717) is 16.5 Å². The number of amides is 2. The van der Waals surface area contributed by atoms with Gasteiger partial charge in [-0.2, -0.15) is 0 Å². The number of nitrogens with one attached hydrogen (secondary N) is 1. The largest absolute Gasteiger partial charge is 0.497 e. The molecule has 2 amide bonds. The Labute approximate surface area is 103 Å². The van der Waals surface area contributed by atoms with Crippen molar-refractivity contribution in [2.24, 2.45) is 0 Å². The van der Waals surface area contributed by atoms with Crippen molar-refractivity contribution in [1.82, 2.24) is 5.32 Å². The van der Waals surface area contributed by atoms with Crippen LogP contribution in [-0.2, 0) is 9.59 Å². The van der Waals surface area contributed by atoms with Gasteiger partial charge in [-0.1, -0.05) is 11.6 Å². The number of piperazine rings is 1. The lowest BCUT2D eigenvalue weighted by Crippen LogP contribution is -2.51. The third kappa shape index (κ3) is 2.34. The Bertz CT molecular complexity index is 476. The topological polar surface area (TPSA) is 58.6 Å². The lowest BCUT2D eigenvalue weighted by atomic mass is 10.2. The molecule has 0 saturated carbocycles. The van der Waals surface area contributed by atoms with E-state index in [1.165, 1.54) is 12.0 Å². The maximum atomic E-state index is 11.7. The Hall–Kier alpha value is -1.75. The highest BCUT2D eigenvalue weighted by Gasteiger charge is 2.26. The second kappa shape index (κ2) is 4.63. The summed E-state index contributed by atoms with van der Waals surface area (Å²) in [5, 5.41) is 2.89. The molecule has 0 radical (unpaired) electrons. The standard InChI is InChI=1S/C11H11ClN2O3/c1-17-7-2-3-8(12)9(4-7)14-6-10(15)13-5-11(14)16/h2-4H,5-6H2,1H3,(H,13,15). The van der Waals surface area contributed by atoms with Crippen molar-refractivity contribution in [2.45, 2.75) is 0 Å². The SMILES string of the molecule is COc1ccc(Cl)c(N2CC(=O)NCC2=O)c1. The quantitative estimate of drug-likeness (QED) is 0.850. The molecule has 1 fully saturated rings. The average molecular weight is 255 g/mol. The number of methoxy groups -OCH3 is 1. The summed E-state index contributed by atoms with van der Waals surface area (Å²) in [5.41, 5.74) is 0.492. The molecule has 1 aromatic rings. The van der Waals surface area contributed by atoms with Crippen LogP contribution in [0, 0.1) is 0 Å². The van der Waals surface area contributed by atoms with Gasteiger partial charge in [0.2, 0.25) is 11.8 Å². The number of anilines is 1. The molecule has 1 saturated heterocycles. The Balaban J connectivity index is 2.37. The van der Waals surface area contributed by atoms with Gasteiger partial charge in [-0.15, -0.1) is 0 Å². The second-order valence-electron chi connectivity index (χ2n) is 3.57.